The van der Waals surface area contributed by atoms with Crippen molar-refractivity contribution >= 4 is 5.91 Å². The molecule has 3 N–H and O–H groups in total. The van der Waals surface area contributed by atoms with Crippen molar-refractivity contribution in [3.63, 3.8) is 0 Å². The second-order valence-corrected chi connectivity index (χ2v) is 3.25. The van der Waals surface area contributed by atoms with Crippen LogP contribution in [0.4, 0.5) is 0 Å². The van der Waals surface area contributed by atoms with Crippen molar-refractivity contribution in [1.82, 2.24) is 0 Å². The number of primary amides is 1. The van der Waals surface area contributed by atoms with E-state index in [1.807, 2.05) is 0 Å². The quantitative estimate of drug-likeness (QED) is 0.770. The van der Waals surface area contributed by atoms with Gasteiger partial charge in [0, 0.05) is 12.1 Å². The Labute approximate surface area is 98.9 Å². The number of hydrogen-bond acceptors (Lipinski definition) is 5. The summed E-state index contributed by atoms with van der Waals surface area (Å²) in [6, 6.07) is 3.06. The minimum atomic E-state index is -1.49. The third kappa shape index (κ3) is 2.59. The number of aliphatic hydroxyl groups is 1. The highest BCUT2D eigenvalue weighted by Gasteiger charge is 2.24. The first-order chi connectivity index (χ1) is 8.04. The molecule has 0 saturated carbocycles. The van der Waals surface area contributed by atoms with Crippen molar-refractivity contribution in [3.05, 3.63) is 17.7 Å². The van der Waals surface area contributed by atoms with Gasteiger partial charge in [0.1, 0.15) is 17.2 Å². The molecule has 1 aromatic carbocycles. The van der Waals surface area contributed by atoms with Crippen LogP contribution in [-0.2, 0) is 4.79 Å². The molecule has 0 aliphatic heterocycles. The first kappa shape index (κ1) is 13.1. The van der Waals surface area contributed by atoms with Gasteiger partial charge >= 0.3 is 0 Å². The normalized spacial score (nSPS) is 11.8. The lowest BCUT2D eigenvalue weighted by molar-refractivity contribution is -0.126. The molecule has 0 fully saturated rings. The molecule has 1 rings (SSSR count). The largest absolute Gasteiger partial charge is 0.496 e. The smallest absolute Gasteiger partial charge is 0.251 e. The molecule has 0 heterocycles. The number of rotatable bonds is 5. The fourth-order valence-corrected chi connectivity index (χ4v) is 1.44. The summed E-state index contributed by atoms with van der Waals surface area (Å²) in [5.41, 5.74) is 5.24. The second kappa shape index (κ2) is 5.40. The lowest BCUT2D eigenvalue weighted by Gasteiger charge is -2.17. The number of aliphatic hydroxyl groups excluding tert-OH is 1. The van der Waals surface area contributed by atoms with Crippen molar-refractivity contribution in [2.45, 2.75) is 6.10 Å². The minimum absolute atomic E-state index is 0.184. The molecular weight excluding hydrogens is 226 g/mol. The lowest BCUT2D eigenvalue weighted by atomic mass is 10.1. The van der Waals surface area contributed by atoms with Gasteiger partial charge in [-0.3, -0.25) is 4.79 Å². The first-order valence-corrected chi connectivity index (χ1v) is 4.82. The molecule has 0 spiro atoms. The molecule has 6 heteroatoms. The number of benzene rings is 1. The highest BCUT2D eigenvalue weighted by Crippen LogP contribution is 2.38. The number of nitrogens with two attached hydrogens (primary N) is 1. The highest BCUT2D eigenvalue weighted by molar-refractivity contribution is 5.82. The molecule has 0 radical (unpaired) electrons. The van der Waals surface area contributed by atoms with Gasteiger partial charge in [0.15, 0.2) is 6.10 Å². The third-order valence-corrected chi connectivity index (χ3v) is 2.30. The summed E-state index contributed by atoms with van der Waals surface area (Å²) >= 11 is 0. The Bertz CT molecular complexity index is 393. The number of hydrogen-bond donors (Lipinski definition) is 2. The Kier molecular flexibility index (Phi) is 4.17. The van der Waals surface area contributed by atoms with Crippen molar-refractivity contribution < 1.29 is 24.1 Å². The van der Waals surface area contributed by atoms with E-state index in [9.17, 15) is 9.90 Å². The topological polar surface area (TPSA) is 91.0 Å². The molecule has 94 valence electrons. The van der Waals surface area contributed by atoms with Gasteiger partial charge < -0.3 is 25.1 Å². The van der Waals surface area contributed by atoms with Gasteiger partial charge in [0.05, 0.1) is 26.9 Å². The summed E-state index contributed by atoms with van der Waals surface area (Å²) in [5.74, 6) is 0.144. The summed E-state index contributed by atoms with van der Waals surface area (Å²) in [5, 5.41) is 9.71. The SMILES string of the molecule is COc1cc(OC)c(C(O)C(N)=O)c(OC)c1. The van der Waals surface area contributed by atoms with E-state index < -0.39 is 12.0 Å². The molecule has 0 aliphatic rings. The Morgan fingerprint density at radius 1 is 1.18 bits per heavy atom. The van der Waals surface area contributed by atoms with E-state index >= 15 is 0 Å². The molecule has 6 nitrogen and oxygen atoms in total. The van der Waals surface area contributed by atoms with E-state index in [0.29, 0.717) is 5.75 Å². The summed E-state index contributed by atoms with van der Waals surface area (Å²) in [4.78, 5) is 11.0. The summed E-state index contributed by atoms with van der Waals surface area (Å²) in [6.45, 7) is 0. The van der Waals surface area contributed by atoms with Crippen LogP contribution in [0.2, 0.25) is 0 Å². The van der Waals surface area contributed by atoms with Crippen molar-refractivity contribution in [3.8, 4) is 17.2 Å². The Morgan fingerprint density at radius 2 is 1.65 bits per heavy atom. The van der Waals surface area contributed by atoms with Gasteiger partial charge in [-0.05, 0) is 0 Å². The van der Waals surface area contributed by atoms with Crippen LogP contribution in [0.1, 0.15) is 11.7 Å². The van der Waals surface area contributed by atoms with Gasteiger partial charge in [-0.2, -0.15) is 0 Å². The zero-order chi connectivity index (χ0) is 13.0. The maximum absolute atomic E-state index is 11.0. The molecule has 1 atom stereocenters. The van der Waals surface area contributed by atoms with Crippen LogP contribution in [-0.4, -0.2) is 32.3 Å². The average Bonchev–Trinajstić information content (AvgIpc) is 2.35. The summed E-state index contributed by atoms with van der Waals surface area (Å²) < 4.78 is 15.2. The summed E-state index contributed by atoms with van der Waals surface area (Å²) in [6.07, 6.45) is -1.49. The van der Waals surface area contributed by atoms with Gasteiger partial charge in [-0.15, -0.1) is 0 Å². The predicted molar refractivity (Wildman–Crippen MR) is 60.3 cm³/mol. The van der Waals surface area contributed by atoms with Gasteiger partial charge in [0.2, 0.25) is 0 Å². The molecule has 0 aliphatic carbocycles. The van der Waals surface area contributed by atoms with Crippen LogP contribution in [0.15, 0.2) is 12.1 Å². The van der Waals surface area contributed by atoms with E-state index in [-0.39, 0.29) is 17.1 Å². The Morgan fingerprint density at radius 3 is 1.94 bits per heavy atom. The van der Waals surface area contributed by atoms with Crippen molar-refractivity contribution in [2.24, 2.45) is 5.73 Å². The van der Waals surface area contributed by atoms with Crippen LogP contribution in [0, 0.1) is 0 Å². The van der Waals surface area contributed by atoms with Gasteiger partial charge in [0.25, 0.3) is 5.91 Å². The van der Waals surface area contributed by atoms with Crippen LogP contribution in [0.25, 0.3) is 0 Å². The van der Waals surface area contributed by atoms with Crippen molar-refractivity contribution in [2.75, 3.05) is 21.3 Å². The average molecular weight is 241 g/mol. The molecular formula is C11H15NO5. The van der Waals surface area contributed by atoms with Gasteiger partial charge in [-0.25, -0.2) is 0 Å². The molecule has 1 aromatic rings. The minimum Gasteiger partial charge on any atom is -0.496 e. The second-order valence-electron chi connectivity index (χ2n) is 3.25. The number of methoxy groups -OCH3 is 3. The van der Waals surface area contributed by atoms with E-state index in [4.69, 9.17) is 19.9 Å². The molecule has 1 amide bonds. The number of amides is 1. The van der Waals surface area contributed by atoms with Crippen LogP contribution in [0.5, 0.6) is 17.2 Å². The Balaban J connectivity index is 3.39. The van der Waals surface area contributed by atoms with E-state index in [0.717, 1.165) is 0 Å². The standard InChI is InChI=1S/C11H15NO5/c1-15-6-4-7(16-2)9(8(5-6)17-3)10(13)11(12)14/h4-5,10,13H,1-3H3,(H2,12,14). The van der Waals surface area contributed by atoms with E-state index in [1.54, 1.807) is 0 Å². The first-order valence-electron chi connectivity index (χ1n) is 4.82. The Hall–Kier alpha value is -1.95. The molecule has 0 bridgehead atoms. The van der Waals surface area contributed by atoms with Crippen LogP contribution >= 0.6 is 0 Å². The predicted octanol–water partition coefficient (Wildman–Crippen LogP) is 0.231. The fourth-order valence-electron chi connectivity index (χ4n) is 1.44. The number of carbonyl (C=O) groups is 1. The van der Waals surface area contributed by atoms with Crippen LogP contribution in [0.3, 0.4) is 0 Å². The third-order valence-electron chi connectivity index (χ3n) is 2.30. The monoisotopic (exact) mass is 241 g/mol. The zero-order valence-electron chi connectivity index (χ0n) is 9.89. The molecule has 1 unspecified atom stereocenters. The lowest BCUT2D eigenvalue weighted by Crippen LogP contribution is -2.22. The highest BCUT2D eigenvalue weighted by atomic mass is 16.5. The maximum atomic E-state index is 11.0. The van der Waals surface area contributed by atoms with Gasteiger partial charge in [-0.1, -0.05) is 0 Å². The van der Waals surface area contributed by atoms with Crippen molar-refractivity contribution in [1.29, 1.82) is 0 Å². The maximum Gasteiger partial charge on any atom is 0.251 e. The molecule has 0 aromatic heterocycles. The van der Waals surface area contributed by atoms with E-state index in [1.165, 1.54) is 33.5 Å². The summed E-state index contributed by atoms with van der Waals surface area (Å²) in [7, 11) is 4.30. The number of carbonyl (C=O) groups excluding carboxylic acids is 1. The molecule has 17 heavy (non-hydrogen) atoms. The van der Waals surface area contributed by atoms with Crippen LogP contribution < -0.4 is 19.9 Å². The molecule has 0 saturated heterocycles. The fraction of sp³-hybridized carbons (Fsp3) is 0.364. The number of ether oxygens (including phenoxy) is 3. The zero-order valence-corrected chi connectivity index (χ0v) is 9.89. The van der Waals surface area contributed by atoms with E-state index in [2.05, 4.69) is 0 Å².